The molecule has 6 nitrogen and oxygen atoms in total. The number of para-hydroxylation sites is 2. The highest BCUT2D eigenvalue weighted by molar-refractivity contribution is 5.92. The van der Waals surface area contributed by atoms with E-state index in [9.17, 15) is 4.79 Å². The number of furan rings is 1. The summed E-state index contributed by atoms with van der Waals surface area (Å²) in [6.07, 6.45) is 5.43. The van der Waals surface area contributed by atoms with Crippen LogP contribution in [0.15, 0.2) is 59.3 Å². The Morgan fingerprint density at radius 3 is 2.88 bits per heavy atom. The Balaban J connectivity index is 1.57. The van der Waals surface area contributed by atoms with Gasteiger partial charge in [0.15, 0.2) is 0 Å². The number of aryl methyl sites for hydroxylation is 1. The third-order valence-corrected chi connectivity index (χ3v) is 4.50. The number of anilines is 1. The molecule has 128 valence electrons. The minimum atomic E-state index is -0.116. The van der Waals surface area contributed by atoms with Gasteiger partial charge in [-0.3, -0.25) is 0 Å². The monoisotopic (exact) mass is 336 g/mol. The maximum atomic E-state index is 12.9. The van der Waals surface area contributed by atoms with E-state index in [4.69, 9.17) is 4.42 Å². The van der Waals surface area contributed by atoms with Crippen molar-refractivity contribution in [1.29, 1.82) is 0 Å². The zero-order valence-corrected chi connectivity index (χ0v) is 14.1. The third kappa shape index (κ3) is 3.03. The standard InChI is InChI=1S/C19H20N4O2/c1-14-10-12-23(21-14)16-7-3-2-6-15(16)20-19(24)22-11-4-8-17(22)18-9-5-13-25-18/h2-3,5-7,9-10,12-13,17H,4,8,11H2,1H3,(H,20,24)/t17-/m1/s1. The molecule has 0 aliphatic carbocycles. The molecule has 1 atom stereocenters. The van der Waals surface area contributed by atoms with Crippen molar-refractivity contribution in [3.05, 3.63) is 66.4 Å². The molecule has 6 heteroatoms. The first-order valence-electron chi connectivity index (χ1n) is 8.45. The quantitative estimate of drug-likeness (QED) is 0.782. The fourth-order valence-electron chi connectivity index (χ4n) is 3.30. The topological polar surface area (TPSA) is 63.3 Å². The van der Waals surface area contributed by atoms with Crippen LogP contribution in [0.25, 0.3) is 5.69 Å². The summed E-state index contributed by atoms with van der Waals surface area (Å²) in [5.41, 5.74) is 2.51. The van der Waals surface area contributed by atoms with Crippen molar-refractivity contribution in [2.45, 2.75) is 25.8 Å². The van der Waals surface area contributed by atoms with Crippen molar-refractivity contribution in [3.8, 4) is 5.69 Å². The maximum Gasteiger partial charge on any atom is 0.322 e. The van der Waals surface area contributed by atoms with Crippen LogP contribution < -0.4 is 5.32 Å². The molecule has 1 aliphatic rings. The van der Waals surface area contributed by atoms with E-state index in [1.165, 1.54) is 0 Å². The highest BCUT2D eigenvalue weighted by Gasteiger charge is 2.32. The summed E-state index contributed by atoms with van der Waals surface area (Å²) in [5, 5.41) is 7.48. The first-order valence-corrected chi connectivity index (χ1v) is 8.45. The Morgan fingerprint density at radius 1 is 1.24 bits per heavy atom. The Kier molecular flexibility index (Phi) is 4.01. The zero-order valence-electron chi connectivity index (χ0n) is 14.1. The highest BCUT2D eigenvalue weighted by Crippen LogP contribution is 2.33. The fraction of sp³-hybridized carbons (Fsp3) is 0.263. The molecule has 1 N–H and O–H groups in total. The Labute approximate surface area is 146 Å². The summed E-state index contributed by atoms with van der Waals surface area (Å²) >= 11 is 0. The molecule has 1 aromatic carbocycles. The fourth-order valence-corrected chi connectivity index (χ4v) is 3.30. The number of hydrogen-bond acceptors (Lipinski definition) is 3. The van der Waals surface area contributed by atoms with E-state index in [0.717, 1.165) is 42.2 Å². The number of hydrogen-bond donors (Lipinski definition) is 1. The van der Waals surface area contributed by atoms with Crippen molar-refractivity contribution < 1.29 is 9.21 Å². The summed E-state index contributed by atoms with van der Waals surface area (Å²) in [5.74, 6) is 0.837. The van der Waals surface area contributed by atoms with Crippen molar-refractivity contribution in [1.82, 2.24) is 14.7 Å². The molecule has 0 unspecified atom stereocenters. The number of nitrogens with one attached hydrogen (secondary N) is 1. The summed E-state index contributed by atoms with van der Waals surface area (Å²) in [6.45, 7) is 2.66. The molecule has 0 radical (unpaired) electrons. The van der Waals surface area contributed by atoms with Gasteiger partial charge in [-0.25, -0.2) is 9.48 Å². The van der Waals surface area contributed by atoms with Crippen LogP contribution in [0, 0.1) is 6.92 Å². The molecule has 2 aromatic heterocycles. The van der Waals surface area contributed by atoms with Crippen LogP contribution in [0.5, 0.6) is 0 Å². The normalized spacial score (nSPS) is 17.0. The van der Waals surface area contributed by atoms with Crippen LogP contribution >= 0.6 is 0 Å². The summed E-state index contributed by atoms with van der Waals surface area (Å²) in [7, 11) is 0. The molecule has 1 fully saturated rings. The lowest BCUT2D eigenvalue weighted by Gasteiger charge is -2.24. The number of likely N-dealkylation sites (tertiary alicyclic amines) is 1. The lowest BCUT2D eigenvalue weighted by atomic mass is 10.2. The van der Waals surface area contributed by atoms with Crippen LogP contribution in [0.2, 0.25) is 0 Å². The van der Waals surface area contributed by atoms with Crippen molar-refractivity contribution in [3.63, 3.8) is 0 Å². The minimum Gasteiger partial charge on any atom is -0.467 e. The Morgan fingerprint density at radius 2 is 2.12 bits per heavy atom. The number of carbonyl (C=O) groups is 1. The first-order chi connectivity index (χ1) is 12.2. The van der Waals surface area contributed by atoms with Gasteiger partial charge in [-0.05, 0) is 50.1 Å². The third-order valence-electron chi connectivity index (χ3n) is 4.50. The molecule has 2 amide bonds. The smallest absolute Gasteiger partial charge is 0.322 e. The van der Waals surface area contributed by atoms with Crippen molar-refractivity contribution in [2.24, 2.45) is 0 Å². The number of carbonyl (C=O) groups excluding carboxylic acids is 1. The van der Waals surface area contributed by atoms with Crippen LogP contribution in [0.4, 0.5) is 10.5 Å². The SMILES string of the molecule is Cc1ccn(-c2ccccc2NC(=O)N2CCC[C@@H]2c2ccco2)n1. The summed E-state index contributed by atoms with van der Waals surface area (Å²) < 4.78 is 7.28. The second kappa shape index (κ2) is 6.47. The van der Waals surface area contributed by atoms with Crippen molar-refractivity contribution in [2.75, 3.05) is 11.9 Å². The van der Waals surface area contributed by atoms with E-state index < -0.39 is 0 Å². The van der Waals surface area contributed by atoms with E-state index in [2.05, 4.69) is 10.4 Å². The molecule has 0 saturated carbocycles. The van der Waals surface area contributed by atoms with Gasteiger partial charge in [-0.1, -0.05) is 12.1 Å². The summed E-state index contributed by atoms with van der Waals surface area (Å²) in [4.78, 5) is 14.7. The van der Waals surface area contributed by atoms with Gasteiger partial charge in [0, 0.05) is 12.7 Å². The molecule has 0 spiro atoms. The molecular weight excluding hydrogens is 316 g/mol. The van der Waals surface area contributed by atoms with E-state index in [-0.39, 0.29) is 12.1 Å². The maximum absolute atomic E-state index is 12.9. The second-order valence-corrected chi connectivity index (χ2v) is 6.22. The largest absolute Gasteiger partial charge is 0.467 e. The zero-order chi connectivity index (χ0) is 17.2. The number of rotatable bonds is 3. The van der Waals surface area contributed by atoms with Gasteiger partial charge in [0.25, 0.3) is 0 Å². The van der Waals surface area contributed by atoms with E-state index in [1.807, 2.05) is 60.5 Å². The molecule has 3 aromatic rings. The van der Waals surface area contributed by atoms with Gasteiger partial charge in [0.05, 0.1) is 29.4 Å². The van der Waals surface area contributed by atoms with Gasteiger partial charge < -0.3 is 14.6 Å². The van der Waals surface area contributed by atoms with Crippen LogP contribution in [0.3, 0.4) is 0 Å². The van der Waals surface area contributed by atoms with Gasteiger partial charge >= 0.3 is 6.03 Å². The van der Waals surface area contributed by atoms with Crippen molar-refractivity contribution >= 4 is 11.7 Å². The predicted octanol–water partition coefficient (Wildman–Crippen LogP) is 4.14. The van der Waals surface area contributed by atoms with Gasteiger partial charge in [0.1, 0.15) is 5.76 Å². The van der Waals surface area contributed by atoms with Crippen LogP contribution in [0.1, 0.15) is 30.3 Å². The number of amides is 2. The molecule has 25 heavy (non-hydrogen) atoms. The molecule has 0 bridgehead atoms. The number of benzene rings is 1. The van der Waals surface area contributed by atoms with Gasteiger partial charge in [-0.2, -0.15) is 5.10 Å². The number of nitrogens with zero attached hydrogens (tertiary/aromatic N) is 3. The van der Waals surface area contributed by atoms with Gasteiger partial charge in [0.2, 0.25) is 0 Å². The first kappa shape index (κ1) is 15.5. The Hall–Kier alpha value is -3.02. The Bertz CT molecular complexity index is 869. The average molecular weight is 336 g/mol. The van der Waals surface area contributed by atoms with E-state index in [0.29, 0.717) is 0 Å². The highest BCUT2D eigenvalue weighted by atomic mass is 16.3. The van der Waals surface area contributed by atoms with E-state index in [1.54, 1.807) is 10.9 Å². The van der Waals surface area contributed by atoms with Gasteiger partial charge in [-0.15, -0.1) is 0 Å². The summed E-state index contributed by atoms with van der Waals surface area (Å²) in [6, 6.07) is 13.3. The van der Waals surface area contributed by atoms with Crippen LogP contribution in [-0.2, 0) is 0 Å². The number of urea groups is 1. The average Bonchev–Trinajstić information content (AvgIpc) is 3.36. The minimum absolute atomic E-state index is 0.00545. The lowest BCUT2D eigenvalue weighted by Crippen LogP contribution is -2.34. The molecule has 4 rings (SSSR count). The van der Waals surface area contributed by atoms with Crippen LogP contribution in [-0.4, -0.2) is 27.3 Å². The predicted molar refractivity (Wildman–Crippen MR) is 94.7 cm³/mol. The number of aromatic nitrogens is 2. The molecule has 1 aliphatic heterocycles. The second-order valence-electron chi connectivity index (χ2n) is 6.22. The van der Waals surface area contributed by atoms with E-state index >= 15 is 0 Å². The molecule has 3 heterocycles. The lowest BCUT2D eigenvalue weighted by molar-refractivity contribution is 0.200. The molecule has 1 saturated heterocycles. The molecular formula is C19H20N4O2.